The van der Waals surface area contributed by atoms with E-state index in [-0.39, 0.29) is 6.03 Å². The van der Waals surface area contributed by atoms with Crippen molar-refractivity contribution in [2.75, 3.05) is 38.7 Å². The number of methoxy groups -OCH3 is 1. The highest BCUT2D eigenvalue weighted by atomic mass is 16.5. The maximum atomic E-state index is 12.0. The number of carbonyl (C=O) groups is 1. The van der Waals surface area contributed by atoms with Crippen molar-refractivity contribution in [3.8, 4) is 5.75 Å². The fraction of sp³-hybridized carbons (Fsp3) is 0.462. The first kappa shape index (κ1) is 12.7. The number of rotatable bonds is 2. The van der Waals surface area contributed by atoms with E-state index in [0.29, 0.717) is 26.3 Å². The standard InChI is InChI=1S/C13H18N2O3/c1-10-3-4-11(17-2)9-12(10)14-13(16)15-5-7-18-8-6-15/h3-4,9H,5-8H2,1-2H3,(H,14,16). The first-order chi connectivity index (χ1) is 8.70. The van der Waals surface area contributed by atoms with Gasteiger partial charge in [-0.05, 0) is 18.6 Å². The van der Waals surface area contributed by atoms with Crippen molar-refractivity contribution in [2.24, 2.45) is 0 Å². The van der Waals surface area contributed by atoms with Crippen LogP contribution in [0.3, 0.4) is 0 Å². The molecule has 5 nitrogen and oxygen atoms in total. The number of nitrogens with one attached hydrogen (secondary N) is 1. The summed E-state index contributed by atoms with van der Waals surface area (Å²) < 4.78 is 10.4. The minimum absolute atomic E-state index is 0.0883. The van der Waals surface area contributed by atoms with Gasteiger partial charge in [-0.15, -0.1) is 0 Å². The van der Waals surface area contributed by atoms with E-state index in [1.807, 2.05) is 25.1 Å². The van der Waals surface area contributed by atoms with Gasteiger partial charge in [0.05, 0.1) is 20.3 Å². The Morgan fingerprint density at radius 1 is 1.39 bits per heavy atom. The predicted molar refractivity (Wildman–Crippen MR) is 69.1 cm³/mol. The van der Waals surface area contributed by atoms with Crippen molar-refractivity contribution in [3.05, 3.63) is 23.8 Å². The molecule has 0 aliphatic carbocycles. The molecule has 18 heavy (non-hydrogen) atoms. The van der Waals surface area contributed by atoms with Crippen LogP contribution >= 0.6 is 0 Å². The van der Waals surface area contributed by atoms with Gasteiger partial charge < -0.3 is 19.7 Å². The SMILES string of the molecule is COc1ccc(C)c(NC(=O)N2CCOCC2)c1. The van der Waals surface area contributed by atoms with Gasteiger partial charge in [-0.2, -0.15) is 0 Å². The highest BCUT2D eigenvalue weighted by Crippen LogP contribution is 2.22. The first-order valence-corrected chi connectivity index (χ1v) is 5.99. The van der Waals surface area contributed by atoms with Gasteiger partial charge in [0, 0.05) is 24.8 Å². The molecule has 1 aromatic carbocycles. The molecule has 1 aliphatic heterocycles. The summed E-state index contributed by atoms with van der Waals surface area (Å²) in [6.45, 7) is 4.42. The number of urea groups is 1. The Bertz CT molecular complexity index is 428. The summed E-state index contributed by atoms with van der Waals surface area (Å²) in [7, 11) is 1.61. The first-order valence-electron chi connectivity index (χ1n) is 5.99. The summed E-state index contributed by atoms with van der Waals surface area (Å²) in [5.41, 5.74) is 1.79. The molecule has 1 heterocycles. The van der Waals surface area contributed by atoms with Crippen molar-refractivity contribution in [1.82, 2.24) is 4.90 Å². The monoisotopic (exact) mass is 250 g/mol. The minimum Gasteiger partial charge on any atom is -0.497 e. The summed E-state index contributed by atoms with van der Waals surface area (Å²) in [6.07, 6.45) is 0. The molecule has 0 bridgehead atoms. The molecule has 1 N–H and O–H groups in total. The molecule has 2 amide bonds. The van der Waals surface area contributed by atoms with Crippen LogP contribution in [0.5, 0.6) is 5.75 Å². The molecule has 5 heteroatoms. The van der Waals surface area contributed by atoms with Crippen molar-refractivity contribution >= 4 is 11.7 Å². The normalized spacial score (nSPS) is 15.3. The number of hydrogen-bond donors (Lipinski definition) is 1. The van der Waals surface area contributed by atoms with E-state index in [1.54, 1.807) is 12.0 Å². The zero-order valence-electron chi connectivity index (χ0n) is 10.7. The smallest absolute Gasteiger partial charge is 0.322 e. The third kappa shape index (κ3) is 2.92. The zero-order valence-corrected chi connectivity index (χ0v) is 10.7. The molecule has 0 spiro atoms. The summed E-state index contributed by atoms with van der Waals surface area (Å²) in [4.78, 5) is 13.8. The third-order valence-corrected chi connectivity index (χ3v) is 2.98. The van der Waals surface area contributed by atoms with Crippen LogP contribution in [0.15, 0.2) is 18.2 Å². The number of carbonyl (C=O) groups excluding carboxylic acids is 1. The second-order valence-corrected chi connectivity index (χ2v) is 4.21. The van der Waals surface area contributed by atoms with E-state index < -0.39 is 0 Å². The second kappa shape index (κ2) is 5.73. The largest absolute Gasteiger partial charge is 0.497 e. The van der Waals surface area contributed by atoms with E-state index in [9.17, 15) is 4.79 Å². The number of anilines is 1. The molecule has 0 radical (unpaired) electrons. The van der Waals surface area contributed by atoms with Crippen molar-refractivity contribution < 1.29 is 14.3 Å². The number of hydrogen-bond acceptors (Lipinski definition) is 3. The van der Waals surface area contributed by atoms with E-state index in [4.69, 9.17) is 9.47 Å². The quantitative estimate of drug-likeness (QED) is 0.871. The van der Waals surface area contributed by atoms with Crippen LogP contribution in [-0.2, 0) is 4.74 Å². The van der Waals surface area contributed by atoms with Gasteiger partial charge in [0.25, 0.3) is 0 Å². The van der Waals surface area contributed by atoms with E-state index in [2.05, 4.69) is 5.32 Å². The summed E-state index contributed by atoms with van der Waals surface area (Å²) in [5.74, 6) is 0.734. The fourth-order valence-electron chi connectivity index (χ4n) is 1.82. The number of nitrogens with zero attached hydrogens (tertiary/aromatic N) is 1. The molecule has 1 aromatic rings. The molecule has 0 unspecified atom stereocenters. The molecular formula is C13H18N2O3. The molecule has 2 rings (SSSR count). The Morgan fingerprint density at radius 2 is 2.11 bits per heavy atom. The van der Waals surface area contributed by atoms with Gasteiger partial charge >= 0.3 is 6.03 Å². The van der Waals surface area contributed by atoms with Gasteiger partial charge in [-0.3, -0.25) is 0 Å². The molecule has 0 aromatic heterocycles. The average molecular weight is 250 g/mol. The van der Waals surface area contributed by atoms with Crippen molar-refractivity contribution in [2.45, 2.75) is 6.92 Å². The fourth-order valence-corrected chi connectivity index (χ4v) is 1.82. The number of morpholine rings is 1. The lowest BCUT2D eigenvalue weighted by Gasteiger charge is -2.27. The molecule has 98 valence electrons. The summed E-state index contributed by atoms with van der Waals surface area (Å²) in [6, 6.07) is 5.54. The Kier molecular flexibility index (Phi) is 4.04. The number of amides is 2. The zero-order chi connectivity index (χ0) is 13.0. The molecule has 1 fully saturated rings. The second-order valence-electron chi connectivity index (χ2n) is 4.21. The summed E-state index contributed by atoms with van der Waals surface area (Å²) in [5, 5.41) is 2.91. The predicted octanol–water partition coefficient (Wildman–Crippen LogP) is 1.87. The van der Waals surface area contributed by atoms with Crippen LogP contribution in [0.4, 0.5) is 10.5 Å². The van der Waals surface area contributed by atoms with Gasteiger partial charge in [0.2, 0.25) is 0 Å². The molecular weight excluding hydrogens is 232 g/mol. The van der Waals surface area contributed by atoms with E-state index in [0.717, 1.165) is 17.0 Å². The Morgan fingerprint density at radius 3 is 2.78 bits per heavy atom. The molecule has 1 aliphatic rings. The topological polar surface area (TPSA) is 50.8 Å². The highest BCUT2D eigenvalue weighted by molar-refractivity contribution is 5.90. The van der Waals surface area contributed by atoms with Crippen LogP contribution in [0.25, 0.3) is 0 Å². The van der Waals surface area contributed by atoms with Crippen LogP contribution in [0, 0.1) is 6.92 Å². The maximum absolute atomic E-state index is 12.0. The van der Waals surface area contributed by atoms with Crippen LogP contribution < -0.4 is 10.1 Å². The van der Waals surface area contributed by atoms with Crippen LogP contribution in [0.2, 0.25) is 0 Å². The maximum Gasteiger partial charge on any atom is 0.322 e. The molecule has 1 saturated heterocycles. The highest BCUT2D eigenvalue weighted by Gasteiger charge is 2.17. The van der Waals surface area contributed by atoms with Crippen molar-refractivity contribution in [3.63, 3.8) is 0 Å². The van der Waals surface area contributed by atoms with Gasteiger partial charge in [0.1, 0.15) is 5.75 Å². The van der Waals surface area contributed by atoms with E-state index >= 15 is 0 Å². The lowest BCUT2D eigenvalue weighted by molar-refractivity contribution is 0.0564. The molecule has 0 saturated carbocycles. The Labute approximate surface area is 107 Å². The van der Waals surface area contributed by atoms with Gasteiger partial charge in [-0.1, -0.05) is 6.07 Å². The number of benzene rings is 1. The number of aryl methyl sites for hydroxylation is 1. The van der Waals surface area contributed by atoms with Crippen molar-refractivity contribution in [1.29, 1.82) is 0 Å². The lowest BCUT2D eigenvalue weighted by Crippen LogP contribution is -2.43. The lowest BCUT2D eigenvalue weighted by atomic mass is 10.2. The Hall–Kier alpha value is -1.75. The summed E-state index contributed by atoms with van der Waals surface area (Å²) >= 11 is 0. The van der Waals surface area contributed by atoms with Crippen LogP contribution in [-0.4, -0.2) is 44.3 Å². The number of ether oxygens (including phenoxy) is 2. The van der Waals surface area contributed by atoms with Crippen LogP contribution in [0.1, 0.15) is 5.56 Å². The average Bonchev–Trinajstić information content (AvgIpc) is 2.42. The third-order valence-electron chi connectivity index (χ3n) is 2.98. The van der Waals surface area contributed by atoms with Gasteiger partial charge in [-0.25, -0.2) is 4.79 Å². The minimum atomic E-state index is -0.0883. The molecule has 0 atom stereocenters. The Balaban J connectivity index is 2.05. The van der Waals surface area contributed by atoms with Gasteiger partial charge in [0.15, 0.2) is 0 Å². The van der Waals surface area contributed by atoms with E-state index in [1.165, 1.54) is 0 Å².